The topological polar surface area (TPSA) is 125 Å². The molecule has 11 nitrogen and oxygen atoms in total. The quantitative estimate of drug-likeness (QED) is 0.394. The molecule has 3 N–H and O–H groups in total. The summed E-state index contributed by atoms with van der Waals surface area (Å²) in [6.07, 6.45) is 3.17. The van der Waals surface area contributed by atoms with Crippen LogP contribution in [0.15, 0.2) is 24.3 Å². The van der Waals surface area contributed by atoms with Crippen molar-refractivity contribution in [3.05, 3.63) is 30.0 Å². The number of amides is 1. The van der Waals surface area contributed by atoms with E-state index in [1.807, 2.05) is 24.3 Å². The number of hydrogen-bond donors (Lipinski definition) is 3. The highest BCUT2D eigenvalue weighted by molar-refractivity contribution is 7.22. The molecule has 208 valence electrons. The van der Waals surface area contributed by atoms with Crippen LogP contribution in [0.1, 0.15) is 45.2 Å². The predicted molar refractivity (Wildman–Crippen MR) is 151 cm³/mol. The number of thiazole rings is 1. The van der Waals surface area contributed by atoms with Gasteiger partial charge in [0.25, 0.3) is 0 Å². The molecular weight excluding hydrogens is 518 g/mol. The van der Waals surface area contributed by atoms with Crippen molar-refractivity contribution in [2.24, 2.45) is 0 Å². The van der Waals surface area contributed by atoms with Crippen LogP contribution in [0.4, 0.5) is 27.4 Å². The first-order valence-corrected chi connectivity index (χ1v) is 14.5. The molecule has 6 rings (SSSR count). The number of nitrogens with zero attached hydrogens (tertiary/aromatic N) is 5. The van der Waals surface area contributed by atoms with Crippen molar-refractivity contribution < 1.29 is 19.4 Å². The zero-order chi connectivity index (χ0) is 26.9. The summed E-state index contributed by atoms with van der Waals surface area (Å²) in [5, 5.41) is 17.5. The molecule has 2 aliphatic heterocycles. The molecule has 0 spiro atoms. The first-order valence-electron chi connectivity index (χ1n) is 13.7. The van der Waals surface area contributed by atoms with E-state index in [-0.39, 0.29) is 30.4 Å². The van der Waals surface area contributed by atoms with Crippen molar-refractivity contribution in [2.75, 3.05) is 41.8 Å². The van der Waals surface area contributed by atoms with Crippen LogP contribution in [0.3, 0.4) is 0 Å². The van der Waals surface area contributed by atoms with E-state index in [9.17, 15) is 9.90 Å². The van der Waals surface area contributed by atoms with Gasteiger partial charge < -0.3 is 25.2 Å². The fraction of sp³-hybridized carbons (Fsp3) is 0.556. The van der Waals surface area contributed by atoms with E-state index in [1.165, 1.54) is 11.3 Å². The zero-order valence-electron chi connectivity index (χ0n) is 22.3. The number of ether oxygens (including phenoxy) is 2. The summed E-state index contributed by atoms with van der Waals surface area (Å²) in [6, 6.07) is 8.02. The summed E-state index contributed by atoms with van der Waals surface area (Å²) in [7, 11) is 0. The Bertz CT molecular complexity index is 1320. The lowest BCUT2D eigenvalue weighted by Crippen LogP contribution is -2.45. The van der Waals surface area contributed by atoms with Crippen LogP contribution in [0.5, 0.6) is 0 Å². The second-order valence-corrected chi connectivity index (χ2v) is 11.8. The lowest BCUT2D eigenvalue weighted by Gasteiger charge is -2.35. The monoisotopic (exact) mass is 553 g/mol. The van der Waals surface area contributed by atoms with E-state index in [0.29, 0.717) is 31.5 Å². The molecule has 2 atom stereocenters. The van der Waals surface area contributed by atoms with Gasteiger partial charge in [0.2, 0.25) is 5.95 Å². The molecule has 3 aromatic rings. The van der Waals surface area contributed by atoms with Crippen LogP contribution >= 0.6 is 11.3 Å². The Morgan fingerprint density at radius 1 is 1.08 bits per heavy atom. The Balaban J connectivity index is 1.24. The molecule has 39 heavy (non-hydrogen) atoms. The smallest absolute Gasteiger partial charge is 0.414 e. The van der Waals surface area contributed by atoms with Gasteiger partial charge in [-0.25, -0.2) is 14.8 Å². The van der Waals surface area contributed by atoms with Crippen molar-refractivity contribution >= 4 is 50.2 Å². The van der Waals surface area contributed by atoms with Gasteiger partial charge in [-0.15, -0.1) is 0 Å². The number of rotatable bonds is 7. The highest BCUT2D eigenvalue weighted by Gasteiger charge is 2.25. The minimum Gasteiger partial charge on any atom is -0.447 e. The Kier molecular flexibility index (Phi) is 7.52. The number of nitrogens with one attached hydrogen (secondary N) is 2. The van der Waals surface area contributed by atoms with E-state index < -0.39 is 0 Å². The van der Waals surface area contributed by atoms with Crippen LogP contribution in [0.2, 0.25) is 0 Å². The summed E-state index contributed by atoms with van der Waals surface area (Å²) in [6.45, 7) is 7.56. The molecule has 1 aromatic carbocycles. The molecule has 0 radical (unpaired) electrons. The van der Waals surface area contributed by atoms with Crippen molar-refractivity contribution in [3.8, 4) is 0 Å². The Morgan fingerprint density at radius 3 is 2.62 bits per heavy atom. The van der Waals surface area contributed by atoms with Gasteiger partial charge >= 0.3 is 6.09 Å². The number of carbonyl (C=O) groups is 1. The standard InChI is InChI=1S/C27H35N7O4S/c1-16-13-33(14-17(2)38-16)15-19-11-24(31-25(29-19)28-18-3-6-21(35)7-4-18)32-26-30-22-8-5-20(12-23(22)39-26)34-9-10-37-27(34)36/h5,8,11-12,16-18,21,35H,3-4,6-7,9-10,13-15H2,1-2H3,(H2,28,29,30,31,32)/t16-,17+,18-,21-. The predicted octanol–water partition coefficient (Wildman–Crippen LogP) is 4.11. The second-order valence-electron chi connectivity index (χ2n) is 10.7. The van der Waals surface area contributed by atoms with E-state index >= 15 is 0 Å². The summed E-state index contributed by atoms with van der Waals surface area (Å²) >= 11 is 1.51. The molecule has 3 fully saturated rings. The minimum atomic E-state index is -0.317. The average Bonchev–Trinajstić information content (AvgIpc) is 3.49. The SMILES string of the molecule is C[C@@H]1CN(Cc2cc(Nc3nc4ccc(N5CCOC5=O)cc4s3)nc(N[C@H]3CC[C@H](O)CC3)n2)C[C@H](C)O1. The number of benzene rings is 1. The van der Waals surface area contributed by atoms with Crippen molar-refractivity contribution in [1.29, 1.82) is 0 Å². The second kappa shape index (κ2) is 11.2. The number of aliphatic hydroxyl groups excluding tert-OH is 1. The van der Waals surface area contributed by atoms with Gasteiger partial charge in [-0.1, -0.05) is 11.3 Å². The molecule has 1 saturated carbocycles. The van der Waals surface area contributed by atoms with Gasteiger partial charge in [0.05, 0.1) is 40.8 Å². The third kappa shape index (κ3) is 6.24. The van der Waals surface area contributed by atoms with Crippen LogP contribution in [-0.4, -0.2) is 81.6 Å². The summed E-state index contributed by atoms with van der Waals surface area (Å²) in [5.41, 5.74) is 2.58. The molecule has 1 aliphatic carbocycles. The average molecular weight is 554 g/mol. The van der Waals surface area contributed by atoms with Gasteiger partial charge in [-0.3, -0.25) is 9.80 Å². The molecule has 2 saturated heterocycles. The Labute approximate surface area is 231 Å². The van der Waals surface area contributed by atoms with Gasteiger partial charge in [0.15, 0.2) is 5.13 Å². The maximum Gasteiger partial charge on any atom is 0.414 e. The maximum atomic E-state index is 12.0. The van der Waals surface area contributed by atoms with Crippen LogP contribution in [0, 0.1) is 0 Å². The number of morpholine rings is 1. The molecule has 12 heteroatoms. The summed E-state index contributed by atoms with van der Waals surface area (Å²) < 4.78 is 12.0. The number of cyclic esters (lactones) is 1. The molecule has 1 amide bonds. The lowest BCUT2D eigenvalue weighted by atomic mass is 9.93. The number of aliphatic hydroxyl groups is 1. The highest BCUT2D eigenvalue weighted by atomic mass is 32.1. The Hall–Kier alpha value is -3.06. The minimum absolute atomic E-state index is 0.175. The van der Waals surface area contributed by atoms with E-state index in [2.05, 4.69) is 29.4 Å². The number of carbonyl (C=O) groups excluding carboxylic acids is 1. The molecule has 3 aliphatic rings. The van der Waals surface area contributed by atoms with Gasteiger partial charge in [0.1, 0.15) is 12.4 Å². The Morgan fingerprint density at radius 2 is 1.87 bits per heavy atom. The summed E-state index contributed by atoms with van der Waals surface area (Å²) in [5.74, 6) is 1.26. The van der Waals surface area contributed by atoms with E-state index in [1.54, 1.807) is 4.90 Å². The van der Waals surface area contributed by atoms with Gasteiger partial charge in [-0.05, 0) is 57.7 Å². The van der Waals surface area contributed by atoms with Gasteiger partial charge in [-0.2, -0.15) is 4.98 Å². The molecule has 2 aromatic heterocycles. The van der Waals surface area contributed by atoms with Crippen LogP contribution < -0.4 is 15.5 Å². The fourth-order valence-corrected chi connectivity index (χ4v) is 6.53. The fourth-order valence-electron chi connectivity index (χ4n) is 5.62. The van der Waals surface area contributed by atoms with Crippen LogP contribution in [0.25, 0.3) is 10.2 Å². The molecule has 4 heterocycles. The third-order valence-electron chi connectivity index (χ3n) is 7.37. The number of anilines is 4. The zero-order valence-corrected chi connectivity index (χ0v) is 23.1. The largest absolute Gasteiger partial charge is 0.447 e. The van der Waals surface area contributed by atoms with Crippen molar-refractivity contribution in [2.45, 2.75) is 70.4 Å². The third-order valence-corrected chi connectivity index (χ3v) is 8.30. The molecule has 0 unspecified atom stereocenters. The first-order chi connectivity index (χ1) is 18.9. The molecule has 0 bridgehead atoms. The number of hydrogen-bond acceptors (Lipinski definition) is 11. The van der Waals surface area contributed by atoms with Crippen molar-refractivity contribution in [1.82, 2.24) is 19.9 Å². The van der Waals surface area contributed by atoms with Gasteiger partial charge in [0, 0.05) is 37.4 Å². The maximum absolute atomic E-state index is 12.0. The number of aromatic nitrogens is 3. The van der Waals surface area contributed by atoms with E-state index in [4.69, 9.17) is 24.4 Å². The first kappa shape index (κ1) is 26.2. The highest BCUT2D eigenvalue weighted by Crippen LogP contribution is 2.32. The number of fused-ring (bicyclic) bond motifs is 1. The summed E-state index contributed by atoms with van der Waals surface area (Å²) in [4.78, 5) is 30.4. The van der Waals surface area contributed by atoms with Crippen LogP contribution in [-0.2, 0) is 16.0 Å². The van der Waals surface area contributed by atoms with E-state index in [0.717, 1.165) is 65.5 Å². The normalized spacial score (nSPS) is 26.1. The molecular formula is C27H35N7O4S. The lowest BCUT2D eigenvalue weighted by molar-refractivity contribution is -0.0707. The van der Waals surface area contributed by atoms with Crippen molar-refractivity contribution in [3.63, 3.8) is 0 Å².